The molecule has 5 heteroatoms. The molecule has 1 aromatic rings. The third kappa shape index (κ3) is 3.15. The molecule has 1 amide bonds. The first kappa shape index (κ1) is 14.1. The minimum absolute atomic E-state index is 0.0514. The number of aromatic nitrogens is 2. The minimum Gasteiger partial charge on any atom is -0.350 e. The van der Waals surface area contributed by atoms with Gasteiger partial charge >= 0.3 is 0 Å². The SMILES string of the molecule is CC(C)(C)[C@H](N)C(=O)NC1CCCC1n1ccnc1. The van der Waals surface area contributed by atoms with Gasteiger partial charge in [-0.1, -0.05) is 20.8 Å². The topological polar surface area (TPSA) is 72.9 Å². The van der Waals surface area contributed by atoms with Crippen LogP contribution in [0.2, 0.25) is 0 Å². The number of carbonyl (C=O) groups excluding carboxylic acids is 1. The lowest BCUT2D eigenvalue weighted by molar-refractivity contribution is -0.125. The van der Waals surface area contributed by atoms with Crippen LogP contribution in [0.4, 0.5) is 0 Å². The third-order valence-corrected chi connectivity index (χ3v) is 3.93. The Hall–Kier alpha value is -1.36. The summed E-state index contributed by atoms with van der Waals surface area (Å²) < 4.78 is 2.08. The van der Waals surface area contributed by atoms with Crippen LogP contribution in [0.3, 0.4) is 0 Å². The van der Waals surface area contributed by atoms with E-state index in [1.807, 2.05) is 33.3 Å². The van der Waals surface area contributed by atoms with E-state index in [-0.39, 0.29) is 17.4 Å². The lowest BCUT2D eigenvalue weighted by Gasteiger charge is -2.29. The molecule has 1 heterocycles. The van der Waals surface area contributed by atoms with Crippen LogP contribution in [0.1, 0.15) is 46.1 Å². The molecule has 1 aliphatic carbocycles. The van der Waals surface area contributed by atoms with E-state index >= 15 is 0 Å². The fourth-order valence-corrected chi connectivity index (χ4v) is 2.60. The van der Waals surface area contributed by atoms with Gasteiger partial charge in [0.1, 0.15) is 0 Å². The molecule has 1 aromatic heterocycles. The summed E-state index contributed by atoms with van der Waals surface area (Å²) in [6, 6.07) is -0.00902. The summed E-state index contributed by atoms with van der Waals surface area (Å²) in [5.41, 5.74) is 5.79. The molecule has 0 saturated heterocycles. The summed E-state index contributed by atoms with van der Waals surface area (Å²) in [4.78, 5) is 16.3. The highest BCUT2D eigenvalue weighted by molar-refractivity contribution is 5.82. The maximum Gasteiger partial charge on any atom is 0.237 e. The number of carbonyl (C=O) groups is 1. The first-order chi connectivity index (χ1) is 8.89. The highest BCUT2D eigenvalue weighted by atomic mass is 16.2. The molecule has 1 fully saturated rings. The van der Waals surface area contributed by atoms with Crippen molar-refractivity contribution in [3.8, 4) is 0 Å². The molecule has 5 nitrogen and oxygen atoms in total. The Kier molecular flexibility index (Phi) is 3.94. The van der Waals surface area contributed by atoms with E-state index < -0.39 is 6.04 Å². The second-order valence-corrected chi connectivity index (χ2v) is 6.47. The predicted molar refractivity (Wildman–Crippen MR) is 74.5 cm³/mol. The van der Waals surface area contributed by atoms with Crippen LogP contribution in [-0.4, -0.2) is 27.5 Å². The molecule has 0 aliphatic heterocycles. The van der Waals surface area contributed by atoms with Gasteiger partial charge in [0, 0.05) is 18.4 Å². The Morgan fingerprint density at radius 3 is 2.79 bits per heavy atom. The van der Waals surface area contributed by atoms with Crippen molar-refractivity contribution >= 4 is 5.91 Å². The van der Waals surface area contributed by atoms with E-state index in [0.717, 1.165) is 19.3 Å². The highest BCUT2D eigenvalue weighted by Gasteiger charge is 2.33. The van der Waals surface area contributed by atoms with Gasteiger partial charge in [0.05, 0.1) is 18.4 Å². The van der Waals surface area contributed by atoms with Gasteiger partial charge in [-0.2, -0.15) is 0 Å². The maximum atomic E-state index is 12.2. The fourth-order valence-electron chi connectivity index (χ4n) is 2.60. The van der Waals surface area contributed by atoms with E-state index in [1.54, 1.807) is 6.20 Å². The first-order valence-electron chi connectivity index (χ1n) is 6.93. The van der Waals surface area contributed by atoms with Crippen LogP contribution in [-0.2, 0) is 4.79 Å². The van der Waals surface area contributed by atoms with Crippen LogP contribution in [0, 0.1) is 5.41 Å². The number of hydrogen-bond donors (Lipinski definition) is 2. The highest BCUT2D eigenvalue weighted by Crippen LogP contribution is 2.30. The van der Waals surface area contributed by atoms with Crippen molar-refractivity contribution in [2.24, 2.45) is 11.1 Å². The van der Waals surface area contributed by atoms with Crippen molar-refractivity contribution in [1.29, 1.82) is 0 Å². The van der Waals surface area contributed by atoms with Crippen molar-refractivity contribution in [2.45, 2.75) is 58.2 Å². The molecule has 2 rings (SSSR count). The molecule has 2 unspecified atom stereocenters. The van der Waals surface area contributed by atoms with Gasteiger partial charge in [-0.15, -0.1) is 0 Å². The molecule has 3 atom stereocenters. The van der Waals surface area contributed by atoms with E-state index in [1.165, 1.54) is 0 Å². The summed E-state index contributed by atoms with van der Waals surface area (Å²) >= 11 is 0. The van der Waals surface area contributed by atoms with Crippen molar-refractivity contribution in [1.82, 2.24) is 14.9 Å². The second kappa shape index (κ2) is 5.33. The summed E-state index contributed by atoms with van der Waals surface area (Å²) in [5, 5.41) is 3.11. The van der Waals surface area contributed by atoms with Crippen LogP contribution >= 0.6 is 0 Å². The van der Waals surface area contributed by atoms with Crippen LogP contribution in [0.5, 0.6) is 0 Å². The standard InChI is InChI=1S/C14H24N4O/c1-14(2,3)12(15)13(19)17-10-5-4-6-11(10)18-8-7-16-9-18/h7-12H,4-6,15H2,1-3H3,(H,17,19)/t10?,11?,12-/m1/s1. The molecule has 3 N–H and O–H groups in total. The molecule has 106 valence electrons. The monoisotopic (exact) mass is 264 g/mol. The van der Waals surface area contributed by atoms with Crippen LogP contribution in [0.15, 0.2) is 18.7 Å². The Morgan fingerprint density at radius 1 is 1.47 bits per heavy atom. The Labute approximate surface area is 114 Å². The molecule has 1 saturated carbocycles. The van der Waals surface area contributed by atoms with Crippen LogP contribution < -0.4 is 11.1 Å². The zero-order valence-electron chi connectivity index (χ0n) is 12.0. The molecule has 0 aromatic carbocycles. The van der Waals surface area contributed by atoms with Gasteiger partial charge in [-0.05, 0) is 24.7 Å². The molecule has 1 aliphatic rings. The first-order valence-corrected chi connectivity index (χ1v) is 6.93. The zero-order chi connectivity index (χ0) is 14.0. The predicted octanol–water partition coefficient (Wildman–Crippen LogP) is 1.47. The number of nitrogens with two attached hydrogens (primary N) is 1. The average molecular weight is 264 g/mol. The van der Waals surface area contributed by atoms with Gasteiger partial charge in [0.2, 0.25) is 5.91 Å². The third-order valence-electron chi connectivity index (χ3n) is 3.93. The normalized spacial score (nSPS) is 25.3. The molecule has 0 radical (unpaired) electrons. The van der Waals surface area contributed by atoms with Gasteiger partial charge in [-0.3, -0.25) is 4.79 Å². The Morgan fingerprint density at radius 2 is 2.21 bits per heavy atom. The number of nitrogens with one attached hydrogen (secondary N) is 1. The number of nitrogens with zero attached hydrogens (tertiary/aromatic N) is 2. The minimum atomic E-state index is -0.475. The maximum absolute atomic E-state index is 12.2. The van der Waals surface area contributed by atoms with E-state index in [4.69, 9.17) is 5.73 Å². The number of imidazole rings is 1. The molecule has 0 spiro atoms. The Bertz CT molecular complexity index is 421. The summed E-state index contributed by atoms with van der Waals surface area (Å²) in [5.74, 6) is -0.0514. The molecule has 19 heavy (non-hydrogen) atoms. The van der Waals surface area contributed by atoms with Gasteiger partial charge in [0.15, 0.2) is 0 Å². The van der Waals surface area contributed by atoms with Crippen LogP contribution in [0.25, 0.3) is 0 Å². The lowest BCUT2D eigenvalue weighted by Crippen LogP contribution is -2.52. The van der Waals surface area contributed by atoms with Crippen molar-refractivity contribution in [3.63, 3.8) is 0 Å². The number of amides is 1. The smallest absolute Gasteiger partial charge is 0.237 e. The zero-order valence-corrected chi connectivity index (χ0v) is 12.0. The number of hydrogen-bond acceptors (Lipinski definition) is 3. The summed E-state index contributed by atoms with van der Waals surface area (Å²) in [6.07, 6.45) is 8.76. The quantitative estimate of drug-likeness (QED) is 0.868. The van der Waals surface area contributed by atoms with Gasteiger partial charge in [0.25, 0.3) is 0 Å². The van der Waals surface area contributed by atoms with Gasteiger partial charge in [-0.25, -0.2) is 4.98 Å². The summed E-state index contributed by atoms with van der Waals surface area (Å²) in [6.45, 7) is 5.96. The molecular formula is C14H24N4O. The average Bonchev–Trinajstić information content (AvgIpc) is 2.95. The summed E-state index contributed by atoms with van der Waals surface area (Å²) in [7, 11) is 0. The van der Waals surface area contributed by atoms with E-state index in [2.05, 4.69) is 14.9 Å². The fraction of sp³-hybridized carbons (Fsp3) is 0.714. The van der Waals surface area contributed by atoms with E-state index in [0.29, 0.717) is 6.04 Å². The number of rotatable bonds is 3. The van der Waals surface area contributed by atoms with E-state index in [9.17, 15) is 4.79 Å². The second-order valence-electron chi connectivity index (χ2n) is 6.47. The van der Waals surface area contributed by atoms with Gasteiger partial charge < -0.3 is 15.6 Å². The van der Waals surface area contributed by atoms with Crippen molar-refractivity contribution in [2.75, 3.05) is 0 Å². The Balaban J connectivity index is 2.00. The lowest BCUT2D eigenvalue weighted by atomic mass is 9.86. The van der Waals surface area contributed by atoms with Crippen molar-refractivity contribution in [3.05, 3.63) is 18.7 Å². The molecule has 0 bridgehead atoms. The van der Waals surface area contributed by atoms with Crippen molar-refractivity contribution < 1.29 is 4.79 Å². The molecular weight excluding hydrogens is 240 g/mol. The largest absolute Gasteiger partial charge is 0.350 e.